The van der Waals surface area contributed by atoms with Gasteiger partial charge in [-0.3, -0.25) is 4.90 Å². The summed E-state index contributed by atoms with van der Waals surface area (Å²) in [5.41, 5.74) is 1.25. The number of ether oxygens (including phenoxy) is 1. The standard InChI is InChI=1S/C24H32N2O3S/c1-19-16-25(17-20(2)26(19)18-21-8-4-3-5-9-21)30(27,28)24-14-12-23(13-15-24)29-22-10-6-7-11-22/h3-5,8-9,12-15,19-20,22H,6-7,10-11,16-18H2,1-2H3. The van der Waals surface area contributed by atoms with Gasteiger partial charge in [0.15, 0.2) is 0 Å². The third-order valence-electron chi connectivity index (χ3n) is 6.34. The zero-order valence-corrected chi connectivity index (χ0v) is 18.7. The number of sulfonamides is 1. The molecule has 1 aliphatic heterocycles. The average molecular weight is 429 g/mol. The van der Waals surface area contributed by atoms with Gasteiger partial charge in [0, 0.05) is 31.7 Å². The Hall–Kier alpha value is -1.89. The Bertz CT molecular complexity index is 913. The Labute approximate surface area is 180 Å². The van der Waals surface area contributed by atoms with Gasteiger partial charge in [0.1, 0.15) is 5.75 Å². The molecule has 5 nitrogen and oxygen atoms in total. The van der Waals surface area contributed by atoms with E-state index in [0.29, 0.717) is 18.0 Å². The maximum Gasteiger partial charge on any atom is 0.243 e. The van der Waals surface area contributed by atoms with Crippen molar-refractivity contribution in [2.24, 2.45) is 0 Å². The molecule has 1 heterocycles. The molecule has 0 aromatic heterocycles. The predicted molar refractivity (Wildman–Crippen MR) is 119 cm³/mol. The van der Waals surface area contributed by atoms with Crippen LogP contribution in [0.4, 0.5) is 0 Å². The van der Waals surface area contributed by atoms with Crippen LogP contribution in [0.1, 0.15) is 45.1 Å². The monoisotopic (exact) mass is 428 g/mol. The molecule has 0 spiro atoms. The first-order valence-electron chi connectivity index (χ1n) is 11.0. The van der Waals surface area contributed by atoms with E-state index in [9.17, 15) is 8.42 Å². The molecule has 4 rings (SSSR count). The lowest BCUT2D eigenvalue weighted by molar-refractivity contribution is 0.0699. The van der Waals surface area contributed by atoms with Crippen molar-refractivity contribution in [2.45, 2.75) is 69.2 Å². The van der Waals surface area contributed by atoms with Gasteiger partial charge in [0.2, 0.25) is 10.0 Å². The topological polar surface area (TPSA) is 49.9 Å². The van der Waals surface area contributed by atoms with E-state index in [1.54, 1.807) is 28.6 Å². The van der Waals surface area contributed by atoms with Crippen LogP contribution in [-0.2, 0) is 16.6 Å². The Balaban J connectivity index is 1.43. The van der Waals surface area contributed by atoms with Gasteiger partial charge in [-0.25, -0.2) is 8.42 Å². The second kappa shape index (κ2) is 9.08. The minimum atomic E-state index is -3.52. The summed E-state index contributed by atoms with van der Waals surface area (Å²) in [7, 11) is -3.52. The Kier molecular flexibility index (Phi) is 6.46. The van der Waals surface area contributed by atoms with Gasteiger partial charge in [-0.1, -0.05) is 30.3 Å². The second-order valence-electron chi connectivity index (χ2n) is 8.67. The third-order valence-corrected chi connectivity index (χ3v) is 8.19. The molecule has 0 radical (unpaired) electrons. The van der Waals surface area contributed by atoms with E-state index < -0.39 is 10.0 Å². The van der Waals surface area contributed by atoms with Crippen LogP contribution in [-0.4, -0.2) is 48.9 Å². The number of rotatable bonds is 6. The summed E-state index contributed by atoms with van der Waals surface area (Å²) in [6, 6.07) is 17.6. The molecule has 30 heavy (non-hydrogen) atoms. The first kappa shape index (κ1) is 21.3. The highest BCUT2D eigenvalue weighted by Crippen LogP contribution is 2.28. The van der Waals surface area contributed by atoms with Crippen molar-refractivity contribution in [1.29, 1.82) is 0 Å². The molecule has 2 aliphatic rings. The fourth-order valence-corrected chi connectivity index (χ4v) is 6.25. The zero-order valence-electron chi connectivity index (χ0n) is 17.9. The molecular formula is C24H32N2O3S. The number of benzene rings is 2. The van der Waals surface area contributed by atoms with Crippen molar-refractivity contribution >= 4 is 10.0 Å². The van der Waals surface area contributed by atoms with Crippen molar-refractivity contribution in [3.63, 3.8) is 0 Å². The average Bonchev–Trinajstić information content (AvgIpc) is 3.25. The number of hydrogen-bond donors (Lipinski definition) is 0. The Morgan fingerprint density at radius 1 is 0.900 bits per heavy atom. The minimum absolute atomic E-state index is 0.147. The van der Waals surface area contributed by atoms with E-state index in [1.165, 1.54) is 18.4 Å². The summed E-state index contributed by atoms with van der Waals surface area (Å²) in [5, 5.41) is 0. The van der Waals surface area contributed by atoms with Gasteiger partial charge in [-0.05, 0) is 69.4 Å². The lowest BCUT2D eigenvalue weighted by Crippen LogP contribution is -2.57. The molecule has 2 fully saturated rings. The van der Waals surface area contributed by atoms with E-state index in [1.807, 2.05) is 18.2 Å². The van der Waals surface area contributed by atoms with Crippen LogP contribution in [0, 0.1) is 0 Å². The summed E-state index contributed by atoms with van der Waals surface area (Å²) in [4.78, 5) is 2.73. The molecule has 2 atom stereocenters. The minimum Gasteiger partial charge on any atom is -0.490 e. The normalized spacial score (nSPS) is 24.2. The second-order valence-corrected chi connectivity index (χ2v) is 10.6. The molecule has 2 aromatic rings. The van der Waals surface area contributed by atoms with Crippen molar-refractivity contribution in [2.75, 3.05) is 13.1 Å². The van der Waals surface area contributed by atoms with E-state index >= 15 is 0 Å². The maximum absolute atomic E-state index is 13.3. The smallest absolute Gasteiger partial charge is 0.243 e. The van der Waals surface area contributed by atoms with E-state index in [0.717, 1.165) is 25.1 Å². The van der Waals surface area contributed by atoms with E-state index in [4.69, 9.17) is 4.74 Å². The third kappa shape index (κ3) is 4.71. The van der Waals surface area contributed by atoms with Crippen molar-refractivity contribution < 1.29 is 13.2 Å². The van der Waals surface area contributed by atoms with E-state index in [-0.39, 0.29) is 18.2 Å². The molecule has 0 amide bonds. The van der Waals surface area contributed by atoms with Gasteiger partial charge in [-0.15, -0.1) is 0 Å². The van der Waals surface area contributed by atoms with Crippen LogP contribution in [0.5, 0.6) is 5.75 Å². The summed E-state index contributed by atoms with van der Waals surface area (Å²) in [6.45, 7) is 6.06. The molecular weight excluding hydrogens is 396 g/mol. The first-order valence-corrected chi connectivity index (χ1v) is 12.4. The highest BCUT2D eigenvalue weighted by atomic mass is 32.2. The molecule has 162 valence electrons. The first-order chi connectivity index (χ1) is 14.4. The molecule has 1 saturated carbocycles. The van der Waals surface area contributed by atoms with Gasteiger partial charge < -0.3 is 4.74 Å². The van der Waals surface area contributed by atoms with Gasteiger partial charge in [0.05, 0.1) is 11.0 Å². The van der Waals surface area contributed by atoms with Gasteiger partial charge >= 0.3 is 0 Å². The van der Waals surface area contributed by atoms with E-state index in [2.05, 4.69) is 30.9 Å². The van der Waals surface area contributed by atoms with Gasteiger partial charge in [0.25, 0.3) is 0 Å². The molecule has 6 heteroatoms. The summed E-state index contributed by atoms with van der Waals surface area (Å²) >= 11 is 0. The molecule has 0 N–H and O–H groups in total. The molecule has 2 aromatic carbocycles. The number of nitrogens with zero attached hydrogens (tertiary/aromatic N) is 2. The quantitative estimate of drug-likeness (QED) is 0.689. The van der Waals surface area contributed by atoms with Crippen LogP contribution in [0.25, 0.3) is 0 Å². The number of hydrogen-bond acceptors (Lipinski definition) is 4. The fourth-order valence-electron chi connectivity index (χ4n) is 4.65. The maximum atomic E-state index is 13.3. The summed E-state index contributed by atoms with van der Waals surface area (Å²) < 4.78 is 34.1. The molecule has 1 aliphatic carbocycles. The molecule has 0 bridgehead atoms. The van der Waals surface area contributed by atoms with Crippen molar-refractivity contribution in [3.8, 4) is 5.75 Å². The molecule has 2 unspecified atom stereocenters. The van der Waals surface area contributed by atoms with Crippen LogP contribution in [0.15, 0.2) is 59.5 Å². The SMILES string of the molecule is CC1CN(S(=O)(=O)c2ccc(OC3CCCC3)cc2)CC(C)N1Cc1ccccc1. The molecule has 1 saturated heterocycles. The highest BCUT2D eigenvalue weighted by molar-refractivity contribution is 7.89. The van der Waals surface area contributed by atoms with Crippen LogP contribution < -0.4 is 4.74 Å². The summed E-state index contributed by atoms with van der Waals surface area (Å²) in [5.74, 6) is 0.760. The van der Waals surface area contributed by atoms with Crippen LogP contribution in [0.3, 0.4) is 0 Å². The number of piperazine rings is 1. The van der Waals surface area contributed by atoms with Gasteiger partial charge in [-0.2, -0.15) is 4.31 Å². The van der Waals surface area contributed by atoms with Crippen molar-refractivity contribution in [1.82, 2.24) is 9.21 Å². The zero-order chi connectivity index (χ0) is 21.1. The van der Waals surface area contributed by atoms with Crippen LogP contribution in [0.2, 0.25) is 0 Å². The highest BCUT2D eigenvalue weighted by Gasteiger charge is 2.36. The van der Waals surface area contributed by atoms with Crippen LogP contribution >= 0.6 is 0 Å². The van der Waals surface area contributed by atoms with Crippen molar-refractivity contribution in [3.05, 3.63) is 60.2 Å². The Morgan fingerprint density at radius 2 is 1.50 bits per heavy atom. The lowest BCUT2D eigenvalue weighted by Gasteiger charge is -2.43. The largest absolute Gasteiger partial charge is 0.490 e. The lowest BCUT2D eigenvalue weighted by atomic mass is 10.1. The Morgan fingerprint density at radius 3 is 2.10 bits per heavy atom. The predicted octanol–water partition coefficient (Wildman–Crippen LogP) is 4.29. The summed E-state index contributed by atoms with van der Waals surface area (Å²) in [6.07, 6.45) is 4.87. The fraction of sp³-hybridized carbons (Fsp3) is 0.500.